The van der Waals surface area contributed by atoms with E-state index in [2.05, 4.69) is 203 Å². The van der Waals surface area contributed by atoms with Crippen LogP contribution in [-0.4, -0.2) is 9.13 Å². The maximum Gasteiger partial charge on any atom is 0.0736 e. The highest BCUT2D eigenvalue weighted by molar-refractivity contribution is 7.99. The van der Waals surface area contributed by atoms with E-state index in [1.165, 1.54) is 103 Å². The van der Waals surface area contributed by atoms with Gasteiger partial charge in [-0.1, -0.05) is 151 Å². The van der Waals surface area contributed by atoms with Crippen LogP contribution < -0.4 is 0 Å². The van der Waals surface area contributed by atoms with Gasteiger partial charge in [-0.05, 0) is 93.4 Å². The lowest BCUT2D eigenvalue weighted by molar-refractivity contribution is 0.724. The van der Waals surface area contributed by atoms with Gasteiger partial charge in [-0.15, -0.1) is 0 Å². The highest BCUT2D eigenvalue weighted by atomic mass is 32.2. The zero-order valence-electron chi connectivity index (χ0n) is 30.3. The zero-order chi connectivity index (χ0) is 36.5. The van der Waals surface area contributed by atoms with Crippen LogP contribution in [0.1, 0.15) is 22.3 Å². The molecule has 11 aromatic rings. The summed E-state index contributed by atoms with van der Waals surface area (Å²) in [6.07, 6.45) is 0. The van der Waals surface area contributed by atoms with Crippen LogP contribution in [0.5, 0.6) is 0 Å². The molecule has 2 nitrogen and oxygen atoms in total. The van der Waals surface area contributed by atoms with E-state index in [4.69, 9.17) is 0 Å². The van der Waals surface area contributed by atoms with Gasteiger partial charge >= 0.3 is 0 Å². The van der Waals surface area contributed by atoms with Crippen LogP contribution in [0.2, 0.25) is 0 Å². The molecule has 0 radical (unpaired) electrons. The predicted molar refractivity (Wildman–Crippen MR) is 234 cm³/mol. The van der Waals surface area contributed by atoms with Crippen molar-refractivity contribution < 1.29 is 0 Å². The second kappa shape index (κ2) is 11.1. The standard InChI is InChI=1S/C53H32N2S/c1-2-15-34(16-3-1)54-47-24-12-8-20-39(47)41-30-35(27-29-48(41)54)55-49-32-46-51(31-42(49)40-28-26-33-14-4-5-17-36(33)52(40)55)56-50-25-13-11-23-45(50)53(46)43-21-9-6-18-37(43)38-19-7-10-22-44(38)53/h1-32H. The van der Waals surface area contributed by atoms with Crippen LogP contribution in [0.3, 0.4) is 0 Å². The van der Waals surface area contributed by atoms with Crippen molar-refractivity contribution >= 4 is 66.1 Å². The molecule has 1 spiro atoms. The first-order chi connectivity index (χ1) is 27.8. The summed E-state index contributed by atoms with van der Waals surface area (Å²) >= 11 is 1.92. The number of nitrogens with zero attached hydrogens (tertiary/aromatic N) is 2. The minimum Gasteiger partial charge on any atom is -0.309 e. The SMILES string of the molecule is c1ccc(-n2c3ccccc3c3cc(-n4c5cc6c(cc5c5ccc7ccccc7c54)Sc4ccccc4C64c5ccccc5-c5ccccc54)ccc32)cc1. The monoisotopic (exact) mass is 728 g/mol. The molecule has 2 aliphatic rings. The van der Waals surface area contributed by atoms with Crippen LogP contribution >= 0.6 is 11.8 Å². The molecule has 0 saturated carbocycles. The Morgan fingerprint density at radius 3 is 1.80 bits per heavy atom. The van der Waals surface area contributed by atoms with E-state index in [9.17, 15) is 0 Å². The van der Waals surface area contributed by atoms with Gasteiger partial charge in [0.1, 0.15) is 0 Å². The van der Waals surface area contributed by atoms with Crippen LogP contribution in [0.15, 0.2) is 204 Å². The number of benzene rings is 9. The van der Waals surface area contributed by atoms with Gasteiger partial charge in [0.15, 0.2) is 0 Å². The third-order valence-corrected chi connectivity index (χ3v) is 13.7. The molecular weight excluding hydrogens is 697 g/mol. The highest BCUT2D eigenvalue weighted by Gasteiger charge is 2.50. The quantitative estimate of drug-likeness (QED) is 0.172. The van der Waals surface area contributed by atoms with Gasteiger partial charge in [-0.25, -0.2) is 0 Å². The lowest BCUT2D eigenvalue weighted by atomic mass is 9.67. The maximum atomic E-state index is 2.56. The zero-order valence-corrected chi connectivity index (χ0v) is 31.1. The van der Waals surface area contributed by atoms with Crippen molar-refractivity contribution in [3.63, 3.8) is 0 Å². The normalized spacial score (nSPS) is 13.8. The van der Waals surface area contributed by atoms with Gasteiger partial charge in [-0.3, -0.25) is 0 Å². The Morgan fingerprint density at radius 2 is 0.982 bits per heavy atom. The average molecular weight is 729 g/mol. The molecule has 0 atom stereocenters. The summed E-state index contributed by atoms with van der Waals surface area (Å²) in [6, 6.07) is 72.5. The van der Waals surface area contributed by atoms with Crippen LogP contribution in [0.4, 0.5) is 0 Å². The number of rotatable bonds is 2. The Balaban J connectivity index is 1.18. The number of hydrogen-bond acceptors (Lipinski definition) is 1. The fourth-order valence-corrected chi connectivity index (χ4v) is 11.6. The number of aromatic nitrogens is 2. The molecule has 0 amide bonds. The molecule has 1 aliphatic carbocycles. The number of para-hydroxylation sites is 2. The summed E-state index contributed by atoms with van der Waals surface area (Å²) in [7, 11) is 0. The van der Waals surface area contributed by atoms with Crippen molar-refractivity contribution in [1.29, 1.82) is 0 Å². The Labute approximate surface area is 327 Å². The Bertz CT molecular complexity index is 3410. The van der Waals surface area contributed by atoms with Gasteiger partial charge < -0.3 is 9.13 Å². The van der Waals surface area contributed by atoms with Gasteiger partial charge in [0.25, 0.3) is 0 Å². The Kier molecular flexibility index (Phi) is 6.06. The van der Waals surface area contributed by atoms with Crippen LogP contribution in [0, 0.1) is 0 Å². The van der Waals surface area contributed by atoms with Crippen molar-refractivity contribution in [2.45, 2.75) is 15.2 Å². The molecule has 13 rings (SSSR count). The highest BCUT2D eigenvalue weighted by Crippen LogP contribution is 2.62. The van der Waals surface area contributed by atoms with Crippen molar-refractivity contribution in [2.75, 3.05) is 0 Å². The Morgan fingerprint density at radius 1 is 0.339 bits per heavy atom. The molecule has 9 aromatic carbocycles. The van der Waals surface area contributed by atoms with Gasteiger partial charge in [0.05, 0.1) is 27.5 Å². The van der Waals surface area contributed by atoms with E-state index in [0.717, 1.165) is 5.69 Å². The van der Waals surface area contributed by atoms with Crippen molar-refractivity contribution in [2.24, 2.45) is 0 Å². The molecule has 0 bridgehead atoms. The Hall–Kier alpha value is -6.81. The topological polar surface area (TPSA) is 9.86 Å². The summed E-state index contributed by atoms with van der Waals surface area (Å²) in [5, 5.41) is 7.55. The third-order valence-electron chi connectivity index (χ3n) is 12.5. The molecule has 0 saturated heterocycles. The van der Waals surface area contributed by atoms with Crippen molar-refractivity contribution in [3.05, 3.63) is 216 Å². The smallest absolute Gasteiger partial charge is 0.0736 e. The average Bonchev–Trinajstić information content (AvgIpc) is 3.88. The lowest BCUT2D eigenvalue weighted by Crippen LogP contribution is -2.32. The van der Waals surface area contributed by atoms with Crippen LogP contribution in [-0.2, 0) is 5.41 Å². The summed E-state index contributed by atoms with van der Waals surface area (Å²) in [6.45, 7) is 0. The van der Waals surface area contributed by atoms with E-state index < -0.39 is 5.41 Å². The third kappa shape index (κ3) is 3.83. The van der Waals surface area contributed by atoms with Crippen molar-refractivity contribution in [3.8, 4) is 22.5 Å². The van der Waals surface area contributed by atoms with Crippen LogP contribution in [0.25, 0.3) is 76.9 Å². The predicted octanol–water partition coefficient (Wildman–Crippen LogP) is 13.9. The molecule has 3 heterocycles. The largest absolute Gasteiger partial charge is 0.309 e. The molecule has 3 heteroatoms. The number of fused-ring (bicyclic) bond motifs is 17. The van der Waals surface area contributed by atoms with Gasteiger partial charge in [0, 0.05) is 48.1 Å². The molecular formula is C53H32N2S. The summed E-state index contributed by atoms with van der Waals surface area (Å²) in [4.78, 5) is 2.64. The minimum absolute atomic E-state index is 0.449. The lowest BCUT2D eigenvalue weighted by Gasteiger charge is -2.39. The summed E-state index contributed by atoms with van der Waals surface area (Å²) in [5.74, 6) is 0. The molecule has 1 aliphatic heterocycles. The number of hydrogen-bond donors (Lipinski definition) is 0. The molecule has 0 N–H and O–H groups in total. The first-order valence-corrected chi connectivity index (χ1v) is 20.2. The molecule has 2 aromatic heterocycles. The molecule has 56 heavy (non-hydrogen) atoms. The minimum atomic E-state index is -0.449. The first kappa shape index (κ1) is 30.5. The molecule has 0 fully saturated rings. The fourth-order valence-electron chi connectivity index (χ4n) is 10.3. The molecule has 0 unspecified atom stereocenters. The van der Waals surface area contributed by atoms with E-state index in [1.807, 2.05) is 11.8 Å². The van der Waals surface area contributed by atoms with E-state index >= 15 is 0 Å². The van der Waals surface area contributed by atoms with Crippen molar-refractivity contribution in [1.82, 2.24) is 9.13 Å². The fraction of sp³-hybridized carbons (Fsp3) is 0.0189. The maximum absolute atomic E-state index is 2.56. The first-order valence-electron chi connectivity index (χ1n) is 19.4. The molecule has 260 valence electrons. The summed E-state index contributed by atoms with van der Waals surface area (Å²) < 4.78 is 4.96. The summed E-state index contributed by atoms with van der Waals surface area (Å²) in [5.41, 5.74) is 14.8. The van der Waals surface area contributed by atoms with Gasteiger partial charge in [0.2, 0.25) is 0 Å². The van der Waals surface area contributed by atoms with E-state index in [0.29, 0.717) is 0 Å². The van der Waals surface area contributed by atoms with E-state index in [1.54, 1.807) is 0 Å². The second-order valence-corrected chi connectivity index (χ2v) is 16.3. The van der Waals surface area contributed by atoms with Gasteiger partial charge in [-0.2, -0.15) is 0 Å². The van der Waals surface area contributed by atoms with E-state index in [-0.39, 0.29) is 0 Å². The second-order valence-electron chi connectivity index (χ2n) is 15.2.